The lowest BCUT2D eigenvalue weighted by Gasteiger charge is -2.38. The molecule has 1 aliphatic heterocycles. The second kappa shape index (κ2) is 10.7. The third kappa shape index (κ3) is 6.37. The van der Waals surface area contributed by atoms with Crippen molar-refractivity contribution in [3.8, 4) is 16.9 Å². The Morgan fingerprint density at radius 1 is 1.11 bits per heavy atom. The maximum atomic E-state index is 13.0. The van der Waals surface area contributed by atoms with Crippen molar-refractivity contribution in [3.63, 3.8) is 0 Å². The van der Waals surface area contributed by atoms with Crippen LogP contribution < -0.4 is 15.8 Å². The van der Waals surface area contributed by atoms with Crippen LogP contribution >= 0.6 is 11.6 Å². The topological polar surface area (TPSA) is 97.6 Å². The van der Waals surface area contributed by atoms with Crippen LogP contribution in [-0.2, 0) is 4.79 Å². The van der Waals surface area contributed by atoms with Gasteiger partial charge in [-0.05, 0) is 59.2 Å². The molecule has 3 N–H and O–H groups in total. The second-order valence-electron chi connectivity index (χ2n) is 8.23. The molecule has 3 aromatic rings. The Morgan fingerprint density at radius 2 is 1.83 bits per heavy atom. The van der Waals surface area contributed by atoms with Crippen molar-refractivity contribution in [1.82, 2.24) is 15.2 Å². The molecule has 0 spiro atoms. The number of nitrogen functional groups attached to an aromatic ring is 1. The summed E-state index contributed by atoms with van der Waals surface area (Å²) in [4.78, 5) is 29.3. The first kappa shape index (κ1) is 25.1. The molecule has 1 aliphatic rings. The number of carbonyl (C=O) groups excluding carboxylic acids is 2. The van der Waals surface area contributed by atoms with Gasteiger partial charge >= 0.3 is 0 Å². The summed E-state index contributed by atoms with van der Waals surface area (Å²) in [6, 6.07) is 15.3. The number of nitrogens with zero attached hydrogens (tertiary/aromatic N) is 2. The third-order valence-corrected chi connectivity index (χ3v) is 5.72. The van der Waals surface area contributed by atoms with Crippen molar-refractivity contribution >= 4 is 35.3 Å². The van der Waals surface area contributed by atoms with E-state index < -0.39 is 24.9 Å². The predicted octanol–water partition coefficient (Wildman–Crippen LogP) is 4.28. The van der Waals surface area contributed by atoms with Crippen molar-refractivity contribution < 1.29 is 23.1 Å². The van der Waals surface area contributed by atoms with E-state index in [-0.39, 0.29) is 19.1 Å². The molecule has 186 valence electrons. The van der Waals surface area contributed by atoms with Crippen LogP contribution in [0.1, 0.15) is 15.9 Å². The summed E-state index contributed by atoms with van der Waals surface area (Å²) in [6.45, 7) is -0.604. The molecule has 2 heterocycles. The van der Waals surface area contributed by atoms with E-state index in [2.05, 4.69) is 10.3 Å². The van der Waals surface area contributed by atoms with E-state index in [4.69, 9.17) is 22.1 Å². The molecule has 1 fully saturated rings. The summed E-state index contributed by atoms with van der Waals surface area (Å²) in [6.07, 6.45) is 4.59. The molecule has 7 nitrogen and oxygen atoms in total. The standard InChI is InChI=1S/C26H23ClF2N4O3/c27-21-13-20(18-3-5-19(6-4-18)25(35)33-15-26(28,29)16-33)7-8-22(21)36-12-11-31-24(34)10-2-17-1-9-23(30)32-14-17/h1-10,13-14H,11-12,15-16H2,(H2,30,32)(H,31,34)/b10-2+. The minimum atomic E-state index is -2.80. The van der Waals surface area contributed by atoms with Gasteiger partial charge in [0, 0.05) is 17.8 Å². The fourth-order valence-corrected chi connectivity index (χ4v) is 3.76. The number of benzene rings is 2. The molecule has 2 aromatic carbocycles. The number of halogens is 3. The summed E-state index contributed by atoms with van der Waals surface area (Å²) in [5.41, 5.74) is 8.24. The number of amides is 2. The number of pyridine rings is 1. The highest BCUT2D eigenvalue weighted by atomic mass is 35.5. The number of anilines is 1. The first-order chi connectivity index (χ1) is 17.2. The lowest BCUT2D eigenvalue weighted by atomic mass is 10.0. The minimum Gasteiger partial charge on any atom is -0.490 e. The Morgan fingerprint density at radius 3 is 2.47 bits per heavy atom. The fourth-order valence-electron chi connectivity index (χ4n) is 3.52. The van der Waals surface area contributed by atoms with E-state index >= 15 is 0 Å². The van der Waals surface area contributed by atoms with Gasteiger partial charge in [-0.1, -0.05) is 29.8 Å². The molecule has 2 amide bonds. The molecule has 0 saturated carbocycles. The third-order valence-electron chi connectivity index (χ3n) is 5.42. The van der Waals surface area contributed by atoms with Gasteiger partial charge in [0.2, 0.25) is 5.91 Å². The number of alkyl halides is 2. The number of carbonyl (C=O) groups is 2. The van der Waals surface area contributed by atoms with Gasteiger partial charge in [0.05, 0.1) is 24.7 Å². The number of hydrogen-bond acceptors (Lipinski definition) is 5. The number of ether oxygens (including phenoxy) is 1. The highest BCUT2D eigenvalue weighted by Crippen LogP contribution is 2.31. The number of rotatable bonds is 8. The van der Waals surface area contributed by atoms with Crippen LogP contribution in [0.3, 0.4) is 0 Å². The smallest absolute Gasteiger partial charge is 0.282 e. The Bertz CT molecular complexity index is 1270. The van der Waals surface area contributed by atoms with E-state index in [9.17, 15) is 18.4 Å². The van der Waals surface area contributed by atoms with Gasteiger partial charge in [-0.3, -0.25) is 9.59 Å². The summed E-state index contributed by atoms with van der Waals surface area (Å²) in [5.74, 6) is -2.62. The average molecular weight is 513 g/mol. The summed E-state index contributed by atoms with van der Waals surface area (Å²) < 4.78 is 31.7. The Labute approximate surface area is 211 Å². The van der Waals surface area contributed by atoms with Crippen LogP contribution in [0.5, 0.6) is 5.75 Å². The molecule has 0 unspecified atom stereocenters. The van der Waals surface area contributed by atoms with Gasteiger partial charge in [0.1, 0.15) is 18.2 Å². The number of nitrogens with one attached hydrogen (secondary N) is 1. The number of hydrogen-bond donors (Lipinski definition) is 2. The highest BCUT2D eigenvalue weighted by molar-refractivity contribution is 6.32. The zero-order valence-electron chi connectivity index (χ0n) is 19.1. The minimum absolute atomic E-state index is 0.217. The van der Waals surface area contributed by atoms with Gasteiger partial charge in [-0.2, -0.15) is 0 Å². The molecule has 0 atom stereocenters. The molecule has 0 bridgehead atoms. The van der Waals surface area contributed by atoms with Crippen LogP contribution in [-0.4, -0.2) is 53.9 Å². The highest BCUT2D eigenvalue weighted by Gasteiger charge is 2.46. The van der Waals surface area contributed by atoms with Crippen LogP contribution in [0.2, 0.25) is 5.02 Å². The molecule has 0 radical (unpaired) electrons. The van der Waals surface area contributed by atoms with Crippen molar-refractivity contribution in [2.24, 2.45) is 0 Å². The lowest BCUT2D eigenvalue weighted by molar-refractivity contribution is -0.116. The van der Waals surface area contributed by atoms with Gasteiger partial charge in [-0.25, -0.2) is 13.8 Å². The SMILES string of the molecule is Nc1ccc(/C=C/C(=O)NCCOc2ccc(-c3ccc(C(=O)N4CC(F)(F)C4)cc3)cc2Cl)cn1. The van der Waals surface area contributed by atoms with Crippen molar-refractivity contribution in [2.75, 3.05) is 32.0 Å². The molecule has 36 heavy (non-hydrogen) atoms. The summed E-state index contributed by atoms with van der Waals surface area (Å²) in [7, 11) is 0. The maximum absolute atomic E-state index is 13.0. The number of likely N-dealkylation sites (tertiary alicyclic amines) is 1. The van der Waals surface area contributed by atoms with E-state index in [1.165, 1.54) is 6.08 Å². The second-order valence-corrected chi connectivity index (χ2v) is 8.64. The Balaban J connectivity index is 1.25. The molecule has 4 rings (SSSR count). The van der Waals surface area contributed by atoms with Crippen LogP contribution in [0.15, 0.2) is 66.9 Å². The van der Waals surface area contributed by atoms with Crippen LogP contribution in [0.4, 0.5) is 14.6 Å². The Kier molecular flexibility index (Phi) is 7.49. The van der Waals surface area contributed by atoms with Crippen LogP contribution in [0.25, 0.3) is 17.2 Å². The van der Waals surface area contributed by atoms with E-state index in [1.54, 1.807) is 60.8 Å². The normalized spacial score (nSPS) is 14.4. The average Bonchev–Trinajstić information content (AvgIpc) is 2.85. The zero-order chi connectivity index (χ0) is 25.7. The fraction of sp³-hybridized carbons (Fsp3) is 0.192. The molecule has 1 saturated heterocycles. The molecule has 0 aliphatic carbocycles. The van der Waals surface area contributed by atoms with Crippen molar-refractivity contribution in [3.05, 3.63) is 83.0 Å². The quantitative estimate of drug-likeness (QED) is 0.347. The van der Waals surface area contributed by atoms with Gasteiger partial charge in [-0.15, -0.1) is 0 Å². The van der Waals surface area contributed by atoms with Gasteiger partial charge in [0.15, 0.2) is 0 Å². The van der Waals surface area contributed by atoms with Gasteiger partial charge < -0.3 is 20.7 Å². The van der Waals surface area contributed by atoms with Crippen LogP contribution in [0, 0.1) is 0 Å². The lowest BCUT2D eigenvalue weighted by Crippen LogP contribution is -2.58. The zero-order valence-corrected chi connectivity index (χ0v) is 19.8. The van der Waals surface area contributed by atoms with Gasteiger partial charge in [0.25, 0.3) is 11.8 Å². The Hall–Kier alpha value is -3.98. The molecular weight excluding hydrogens is 490 g/mol. The molecule has 1 aromatic heterocycles. The largest absolute Gasteiger partial charge is 0.490 e. The summed E-state index contributed by atoms with van der Waals surface area (Å²) >= 11 is 6.36. The van der Waals surface area contributed by atoms with Crippen molar-refractivity contribution in [1.29, 1.82) is 0 Å². The first-order valence-electron chi connectivity index (χ1n) is 11.1. The number of aromatic nitrogens is 1. The maximum Gasteiger partial charge on any atom is 0.282 e. The van der Waals surface area contributed by atoms with E-state index in [1.807, 2.05) is 6.07 Å². The van der Waals surface area contributed by atoms with E-state index in [0.717, 1.165) is 21.6 Å². The van der Waals surface area contributed by atoms with Crippen molar-refractivity contribution in [2.45, 2.75) is 5.92 Å². The van der Waals surface area contributed by atoms with E-state index in [0.29, 0.717) is 22.2 Å². The first-order valence-corrected chi connectivity index (χ1v) is 11.5. The molecule has 10 heteroatoms. The monoisotopic (exact) mass is 512 g/mol. The number of nitrogens with two attached hydrogens (primary N) is 1. The summed E-state index contributed by atoms with van der Waals surface area (Å²) in [5, 5.41) is 3.10. The predicted molar refractivity (Wildman–Crippen MR) is 134 cm³/mol. The molecular formula is C26H23ClF2N4O3.